The molecule has 0 N–H and O–H groups in total. The van der Waals surface area contributed by atoms with E-state index in [-0.39, 0.29) is 5.78 Å². The maximum atomic E-state index is 12.7. The number of Topliss-reactive ketones (excluding diaryl/α,β-unsaturated/α-hetero) is 1. The zero-order valence-electron chi connectivity index (χ0n) is 14.9. The third kappa shape index (κ3) is 3.88. The molecule has 0 amide bonds. The summed E-state index contributed by atoms with van der Waals surface area (Å²) in [5.74, 6) is 1.36. The quantitative estimate of drug-likeness (QED) is 0.466. The van der Waals surface area contributed by atoms with Gasteiger partial charge in [-0.05, 0) is 44.7 Å². The highest BCUT2D eigenvalue weighted by Crippen LogP contribution is 2.22. The highest BCUT2D eigenvalue weighted by atomic mass is 32.2. The molecule has 5 nitrogen and oxygen atoms in total. The van der Waals surface area contributed by atoms with Gasteiger partial charge in [-0.1, -0.05) is 17.8 Å². The number of carbonyl (C=O) groups excluding carboxylic acids is 1. The van der Waals surface area contributed by atoms with Crippen molar-refractivity contribution in [3.8, 4) is 0 Å². The second-order valence-electron chi connectivity index (χ2n) is 6.07. The fourth-order valence-electron chi connectivity index (χ4n) is 2.83. The second kappa shape index (κ2) is 7.58. The van der Waals surface area contributed by atoms with E-state index in [0.717, 1.165) is 40.9 Å². The Morgan fingerprint density at radius 2 is 2.08 bits per heavy atom. The Balaban J connectivity index is 1.68. The van der Waals surface area contributed by atoms with Crippen LogP contribution >= 0.6 is 23.1 Å². The Labute approximate surface area is 156 Å². The van der Waals surface area contributed by atoms with Crippen LogP contribution < -0.4 is 0 Å². The molecule has 0 atom stereocenters. The first-order valence-corrected chi connectivity index (χ1v) is 10.0. The van der Waals surface area contributed by atoms with E-state index < -0.39 is 0 Å². The standard InChI is InChI=1S/C18H22N4OS2/c1-12-10-16(13(2)22(12)8-7-15-6-5-9-24-15)17(23)11-25-18-20-19-14(3)21(18)4/h5-6,9-10H,7-8,11H2,1-4H3. The minimum absolute atomic E-state index is 0.140. The van der Waals surface area contributed by atoms with Gasteiger partial charge in [0.15, 0.2) is 10.9 Å². The van der Waals surface area contributed by atoms with Crippen molar-refractivity contribution in [1.29, 1.82) is 0 Å². The summed E-state index contributed by atoms with van der Waals surface area (Å²) in [6, 6.07) is 6.24. The molecule has 0 aliphatic rings. The number of thioether (sulfide) groups is 1. The molecule has 25 heavy (non-hydrogen) atoms. The molecule has 3 aromatic heterocycles. The summed E-state index contributed by atoms with van der Waals surface area (Å²) in [5.41, 5.74) is 3.00. The first-order valence-electron chi connectivity index (χ1n) is 8.18. The Hall–Kier alpha value is -1.86. The molecule has 0 saturated carbocycles. The van der Waals surface area contributed by atoms with Gasteiger partial charge >= 0.3 is 0 Å². The van der Waals surface area contributed by atoms with Crippen LogP contribution in [0.25, 0.3) is 0 Å². The zero-order valence-corrected chi connectivity index (χ0v) is 16.6. The zero-order chi connectivity index (χ0) is 18.0. The Morgan fingerprint density at radius 3 is 2.72 bits per heavy atom. The maximum Gasteiger partial charge on any atom is 0.191 e. The van der Waals surface area contributed by atoms with Crippen LogP contribution in [0.3, 0.4) is 0 Å². The van der Waals surface area contributed by atoms with E-state index >= 15 is 0 Å². The van der Waals surface area contributed by atoms with E-state index in [2.05, 4.69) is 39.2 Å². The lowest BCUT2D eigenvalue weighted by atomic mass is 10.2. The Morgan fingerprint density at radius 1 is 1.28 bits per heavy atom. The summed E-state index contributed by atoms with van der Waals surface area (Å²) in [7, 11) is 1.92. The fraction of sp³-hybridized carbons (Fsp3) is 0.389. The highest BCUT2D eigenvalue weighted by Gasteiger charge is 2.17. The first-order chi connectivity index (χ1) is 12.0. The Kier molecular flexibility index (Phi) is 5.44. The number of nitrogens with zero attached hydrogens (tertiary/aromatic N) is 4. The van der Waals surface area contributed by atoms with Gasteiger partial charge in [-0.25, -0.2) is 0 Å². The van der Waals surface area contributed by atoms with Gasteiger partial charge in [-0.3, -0.25) is 4.79 Å². The summed E-state index contributed by atoms with van der Waals surface area (Å²) in [4.78, 5) is 14.0. The average molecular weight is 375 g/mol. The van der Waals surface area contributed by atoms with Crippen molar-refractivity contribution < 1.29 is 4.79 Å². The van der Waals surface area contributed by atoms with Crippen LogP contribution in [0.4, 0.5) is 0 Å². The molecule has 132 valence electrons. The lowest BCUT2D eigenvalue weighted by Gasteiger charge is -2.09. The third-order valence-electron chi connectivity index (χ3n) is 4.42. The van der Waals surface area contributed by atoms with Gasteiger partial charge in [0.25, 0.3) is 0 Å². The van der Waals surface area contributed by atoms with Crippen molar-refractivity contribution >= 4 is 28.9 Å². The number of hydrogen-bond acceptors (Lipinski definition) is 5. The topological polar surface area (TPSA) is 52.7 Å². The van der Waals surface area contributed by atoms with Crippen LogP contribution in [0.1, 0.15) is 32.4 Å². The van der Waals surface area contributed by atoms with Crippen molar-refractivity contribution in [2.75, 3.05) is 5.75 Å². The SMILES string of the molecule is Cc1nnc(SCC(=O)c2cc(C)n(CCc3cccs3)c2C)n1C. The Bertz CT molecular complexity index is 877. The molecule has 7 heteroatoms. The average Bonchev–Trinajstić information content (AvgIpc) is 3.28. The van der Waals surface area contributed by atoms with Crippen molar-refractivity contribution in [1.82, 2.24) is 19.3 Å². The molecule has 0 fully saturated rings. The summed E-state index contributed by atoms with van der Waals surface area (Å²) in [6.45, 7) is 6.91. The van der Waals surface area contributed by atoms with Crippen LogP contribution in [-0.4, -0.2) is 30.9 Å². The van der Waals surface area contributed by atoms with Crippen LogP contribution in [0.15, 0.2) is 28.7 Å². The highest BCUT2D eigenvalue weighted by molar-refractivity contribution is 7.99. The molecule has 0 aliphatic carbocycles. The molecular formula is C18H22N4OS2. The van der Waals surface area contributed by atoms with Gasteiger partial charge in [0.2, 0.25) is 0 Å². The first kappa shape index (κ1) is 17.9. The summed E-state index contributed by atoms with van der Waals surface area (Å²) >= 11 is 3.22. The van der Waals surface area contributed by atoms with Gasteiger partial charge < -0.3 is 9.13 Å². The molecule has 3 rings (SSSR count). The molecule has 3 heterocycles. The van der Waals surface area contributed by atoms with Crippen LogP contribution in [0.5, 0.6) is 0 Å². The van der Waals surface area contributed by atoms with E-state index in [1.54, 1.807) is 11.3 Å². The molecule has 0 bridgehead atoms. The lowest BCUT2D eigenvalue weighted by Crippen LogP contribution is -2.08. The van der Waals surface area contributed by atoms with Gasteiger partial charge in [0.05, 0.1) is 5.75 Å². The maximum absolute atomic E-state index is 12.7. The molecule has 3 aromatic rings. The van der Waals surface area contributed by atoms with E-state index in [4.69, 9.17) is 0 Å². The molecule has 0 spiro atoms. The number of thiophene rings is 1. The monoisotopic (exact) mass is 374 g/mol. The molecule has 0 unspecified atom stereocenters. The predicted molar refractivity (Wildman–Crippen MR) is 103 cm³/mol. The van der Waals surface area contributed by atoms with Gasteiger partial charge in [0.1, 0.15) is 5.82 Å². The van der Waals surface area contributed by atoms with Gasteiger partial charge in [-0.2, -0.15) is 0 Å². The minimum atomic E-state index is 0.140. The summed E-state index contributed by atoms with van der Waals surface area (Å²) < 4.78 is 4.15. The van der Waals surface area contributed by atoms with E-state index in [0.29, 0.717) is 5.75 Å². The minimum Gasteiger partial charge on any atom is -0.348 e. The summed E-state index contributed by atoms with van der Waals surface area (Å²) in [6.07, 6.45) is 0.995. The van der Waals surface area contributed by atoms with Gasteiger partial charge in [0, 0.05) is 35.4 Å². The number of aromatic nitrogens is 4. The van der Waals surface area contributed by atoms with Crippen molar-refractivity contribution in [3.63, 3.8) is 0 Å². The smallest absolute Gasteiger partial charge is 0.191 e. The lowest BCUT2D eigenvalue weighted by molar-refractivity contribution is 0.102. The number of hydrogen-bond donors (Lipinski definition) is 0. The van der Waals surface area contributed by atoms with E-state index in [1.807, 2.05) is 31.5 Å². The largest absolute Gasteiger partial charge is 0.348 e. The van der Waals surface area contributed by atoms with Crippen molar-refractivity contribution in [2.24, 2.45) is 7.05 Å². The van der Waals surface area contributed by atoms with Crippen molar-refractivity contribution in [2.45, 2.75) is 38.9 Å². The van der Waals surface area contributed by atoms with Crippen LogP contribution in [0, 0.1) is 20.8 Å². The number of ketones is 1. The molecule has 0 aliphatic heterocycles. The van der Waals surface area contributed by atoms with Gasteiger partial charge in [-0.15, -0.1) is 21.5 Å². The molecule has 0 radical (unpaired) electrons. The number of carbonyl (C=O) groups is 1. The fourth-order valence-corrected chi connectivity index (χ4v) is 4.36. The van der Waals surface area contributed by atoms with Crippen LogP contribution in [-0.2, 0) is 20.0 Å². The molecule has 0 saturated heterocycles. The predicted octanol–water partition coefficient (Wildman–Crippen LogP) is 3.82. The van der Waals surface area contributed by atoms with Crippen molar-refractivity contribution in [3.05, 3.63) is 51.2 Å². The number of rotatable bonds is 7. The molecular weight excluding hydrogens is 352 g/mol. The van der Waals surface area contributed by atoms with E-state index in [9.17, 15) is 4.79 Å². The van der Waals surface area contributed by atoms with E-state index in [1.165, 1.54) is 16.6 Å². The normalized spacial score (nSPS) is 11.2. The molecule has 0 aromatic carbocycles. The van der Waals surface area contributed by atoms with Crippen LogP contribution in [0.2, 0.25) is 0 Å². The number of aryl methyl sites for hydroxylation is 3. The summed E-state index contributed by atoms with van der Waals surface area (Å²) in [5, 5.41) is 11.0. The third-order valence-corrected chi connectivity index (χ3v) is 6.38. The second-order valence-corrected chi connectivity index (χ2v) is 8.04.